The number of benzene rings is 1. The van der Waals surface area contributed by atoms with E-state index in [0.717, 1.165) is 12.8 Å². The molecular weight excluding hydrogens is 304 g/mol. The lowest BCUT2D eigenvalue weighted by Gasteiger charge is -2.36. The zero-order valence-electron chi connectivity index (χ0n) is 14.1. The summed E-state index contributed by atoms with van der Waals surface area (Å²) in [6, 6.07) is 8.85. The Kier molecular flexibility index (Phi) is 4.22. The minimum atomic E-state index is -0.428. The van der Waals surface area contributed by atoms with Gasteiger partial charge in [-0.15, -0.1) is 0 Å². The fraction of sp³-hybridized carbons (Fsp3) is 0.632. The maximum absolute atomic E-state index is 12.8. The van der Waals surface area contributed by atoms with Gasteiger partial charge >= 0.3 is 6.03 Å². The lowest BCUT2D eigenvalue weighted by atomic mass is 9.92. The van der Waals surface area contributed by atoms with Gasteiger partial charge in [0.25, 0.3) is 0 Å². The van der Waals surface area contributed by atoms with E-state index in [1.807, 2.05) is 4.90 Å². The summed E-state index contributed by atoms with van der Waals surface area (Å²) >= 11 is 0. The summed E-state index contributed by atoms with van der Waals surface area (Å²) in [6.45, 7) is 3.45. The molecule has 1 aromatic rings. The summed E-state index contributed by atoms with van der Waals surface area (Å²) in [5, 5.41) is 12.9. The van der Waals surface area contributed by atoms with E-state index >= 15 is 0 Å². The second kappa shape index (κ2) is 6.37. The predicted molar refractivity (Wildman–Crippen MR) is 90.9 cm³/mol. The molecular formula is C19H26N2O3. The number of amides is 2. The minimum Gasteiger partial charge on any atom is -0.393 e. The van der Waals surface area contributed by atoms with E-state index in [9.17, 15) is 9.90 Å². The third kappa shape index (κ3) is 2.91. The average Bonchev–Trinajstić information content (AvgIpc) is 3.28. The third-order valence-corrected chi connectivity index (χ3v) is 5.72. The Hall–Kier alpha value is -1.59. The number of rotatable bonds is 3. The normalized spacial score (nSPS) is 32.5. The van der Waals surface area contributed by atoms with Crippen molar-refractivity contribution in [2.24, 2.45) is 5.92 Å². The number of aliphatic hydroxyl groups excluding tert-OH is 1. The molecule has 0 bridgehead atoms. The standard InChI is InChI=1S/C19H26N2O3/c1-12(22)10-14-11-24-9-8-21(14)19(23)20-18-16-7-6-13-4-2-3-5-15(13)17(16)18/h2-5,12,14,16-18,22H,6-11H2,1H3,(H,20,23)/t12-,14+,16+,17+,18+/m0/s1. The molecule has 0 spiro atoms. The monoisotopic (exact) mass is 330 g/mol. The Morgan fingerprint density at radius 2 is 2.29 bits per heavy atom. The number of nitrogens with one attached hydrogen (secondary N) is 1. The molecule has 1 saturated carbocycles. The van der Waals surface area contributed by atoms with Gasteiger partial charge in [-0.05, 0) is 43.2 Å². The molecule has 1 saturated heterocycles. The van der Waals surface area contributed by atoms with Crippen molar-refractivity contribution >= 4 is 6.03 Å². The van der Waals surface area contributed by atoms with E-state index in [1.165, 1.54) is 11.1 Å². The molecule has 0 unspecified atom stereocenters. The van der Waals surface area contributed by atoms with Crippen molar-refractivity contribution < 1.29 is 14.6 Å². The van der Waals surface area contributed by atoms with Crippen LogP contribution in [-0.4, -0.2) is 54.0 Å². The molecule has 1 aliphatic heterocycles. The second-order valence-electron chi connectivity index (χ2n) is 7.41. The SMILES string of the molecule is C[C@H](O)C[C@@H]1COCCN1C(=O)N[C@@H]1[C@@H]2CCc3ccccc3[C@H]21. The lowest BCUT2D eigenvalue weighted by molar-refractivity contribution is -0.00445. The first-order chi connectivity index (χ1) is 11.6. The Morgan fingerprint density at radius 1 is 1.46 bits per heavy atom. The molecule has 2 aliphatic carbocycles. The highest BCUT2D eigenvalue weighted by molar-refractivity contribution is 5.76. The summed E-state index contributed by atoms with van der Waals surface area (Å²) in [7, 11) is 0. The van der Waals surface area contributed by atoms with Crippen LogP contribution in [0.4, 0.5) is 4.79 Å². The number of morpholine rings is 1. The first-order valence-corrected chi connectivity index (χ1v) is 9.06. The van der Waals surface area contributed by atoms with Crippen LogP contribution in [0.3, 0.4) is 0 Å². The molecule has 5 atom stereocenters. The summed E-state index contributed by atoms with van der Waals surface area (Å²) in [6.07, 6.45) is 2.41. The van der Waals surface area contributed by atoms with E-state index in [0.29, 0.717) is 38.0 Å². The molecule has 5 heteroatoms. The Morgan fingerprint density at radius 3 is 3.12 bits per heavy atom. The lowest BCUT2D eigenvalue weighted by Crippen LogP contribution is -2.53. The number of aliphatic hydroxyl groups is 1. The van der Waals surface area contributed by atoms with E-state index in [-0.39, 0.29) is 18.1 Å². The molecule has 1 aromatic carbocycles. The summed E-state index contributed by atoms with van der Waals surface area (Å²) in [4.78, 5) is 14.6. The zero-order valence-corrected chi connectivity index (χ0v) is 14.1. The van der Waals surface area contributed by atoms with Gasteiger partial charge in [-0.2, -0.15) is 0 Å². The van der Waals surface area contributed by atoms with Crippen molar-refractivity contribution in [2.45, 2.75) is 50.3 Å². The number of nitrogens with zero attached hydrogens (tertiary/aromatic N) is 1. The number of carbonyl (C=O) groups excluding carboxylic acids is 1. The van der Waals surface area contributed by atoms with Gasteiger partial charge in [0.15, 0.2) is 0 Å². The average molecular weight is 330 g/mol. The van der Waals surface area contributed by atoms with Crippen molar-refractivity contribution in [3.8, 4) is 0 Å². The highest BCUT2D eigenvalue weighted by atomic mass is 16.5. The maximum atomic E-state index is 12.8. The summed E-state index contributed by atoms with van der Waals surface area (Å²) in [5.41, 5.74) is 2.86. The number of hydrogen-bond donors (Lipinski definition) is 2. The van der Waals surface area contributed by atoms with Gasteiger partial charge in [-0.3, -0.25) is 0 Å². The fourth-order valence-electron chi connectivity index (χ4n) is 4.50. The van der Waals surface area contributed by atoms with Crippen LogP contribution in [0.1, 0.15) is 36.8 Å². The first kappa shape index (κ1) is 15.9. The quantitative estimate of drug-likeness (QED) is 0.890. The molecule has 3 aliphatic rings. The molecule has 130 valence electrons. The Bertz CT molecular complexity index is 618. The largest absolute Gasteiger partial charge is 0.393 e. The van der Waals surface area contributed by atoms with Gasteiger partial charge in [0.1, 0.15) is 0 Å². The number of fused-ring (bicyclic) bond motifs is 3. The van der Waals surface area contributed by atoms with Crippen LogP contribution in [0, 0.1) is 5.92 Å². The van der Waals surface area contributed by atoms with Crippen molar-refractivity contribution in [1.82, 2.24) is 10.2 Å². The van der Waals surface area contributed by atoms with Crippen molar-refractivity contribution in [2.75, 3.05) is 19.8 Å². The van der Waals surface area contributed by atoms with Crippen LogP contribution >= 0.6 is 0 Å². The third-order valence-electron chi connectivity index (χ3n) is 5.72. The second-order valence-corrected chi connectivity index (χ2v) is 7.41. The first-order valence-electron chi connectivity index (χ1n) is 9.06. The van der Waals surface area contributed by atoms with Crippen molar-refractivity contribution in [3.05, 3.63) is 35.4 Å². The molecule has 2 N–H and O–H groups in total. The van der Waals surface area contributed by atoms with Crippen molar-refractivity contribution in [3.63, 3.8) is 0 Å². The van der Waals surface area contributed by atoms with Crippen molar-refractivity contribution in [1.29, 1.82) is 0 Å². The number of carbonyl (C=O) groups is 1. The van der Waals surface area contributed by atoms with Gasteiger partial charge in [-0.1, -0.05) is 24.3 Å². The topological polar surface area (TPSA) is 61.8 Å². The molecule has 0 radical (unpaired) electrons. The fourth-order valence-corrected chi connectivity index (χ4v) is 4.50. The highest BCUT2D eigenvalue weighted by Gasteiger charge is 2.54. The number of urea groups is 1. The summed E-state index contributed by atoms with van der Waals surface area (Å²) < 4.78 is 5.49. The Labute approximate surface area is 143 Å². The number of aryl methyl sites for hydroxylation is 1. The van der Waals surface area contributed by atoms with Crippen LogP contribution in [0.25, 0.3) is 0 Å². The molecule has 2 amide bonds. The maximum Gasteiger partial charge on any atom is 0.318 e. The summed E-state index contributed by atoms with van der Waals surface area (Å²) in [5.74, 6) is 1.07. The highest BCUT2D eigenvalue weighted by Crippen LogP contribution is 2.54. The van der Waals surface area contributed by atoms with E-state index < -0.39 is 6.10 Å². The van der Waals surface area contributed by atoms with Gasteiger partial charge in [0.2, 0.25) is 0 Å². The zero-order chi connectivity index (χ0) is 16.7. The van der Waals surface area contributed by atoms with E-state index in [2.05, 4.69) is 29.6 Å². The molecule has 4 rings (SSSR count). The van der Waals surface area contributed by atoms with E-state index in [1.54, 1.807) is 6.92 Å². The molecule has 24 heavy (non-hydrogen) atoms. The smallest absolute Gasteiger partial charge is 0.318 e. The van der Waals surface area contributed by atoms with Gasteiger partial charge < -0.3 is 20.1 Å². The van der Waals surface area contributed by atoms with Gasteiger partial charge in [0.05, 0.1) is 25.4 Å². The Balaban J connectivity index is 1.42. The van der Waals surface area contributed by atoms with Crippen LogP contribution in [0.2, 0.25) is 0 Å². The van der Waals surface area contributed by atoms with Crippen LogP contribution in [0.15, 0.2) is 24.3 Å². The van der Waals surface area contributed by atoms with Crippen LogP contribution in [-0.2, 0) is 11.2 Å². The number of ether oxygens (including phenoxy) is 1. The minimum absolute atomic E-state index is 0.000770. The number of hydrogen-bond acceptors (Lipinski definition) is 3. The molecule has 1 heterocycles. The molecule has 2 fully saturated rings. The van der Waals surface area contributed by atoms with Crippen LogP contribution in [0.5, 0.6) is 0 Å². The van der Waals surface area contributed by atoms with Crippen LogP contribution < -0.4 is 5.32 Å². The predicted octanol–water partition coefficient (Wildman–Crippen LogP) is 1.90. The van der Waals surface area contributed by atoms with E-state index in [4.69, 9.17) is 4.74 Å². The molecule has 0 aromatic heterocycles. The van der Waals surface area contributed by atoms with Gasteiger partial charge in [0, 0.05) is 18.5 Å². The van der Waals surface area contributed by atoms with Gasteiger partial charge in [-0.25, -0.2) is 4.79 Å². The molecule has 5 nitrogen and oxygen atoms in total.